The zero-order valence-corrected chi connectivity index (χ0v) is 26.0. The molecule has 5 fully saturated rings. The number of aliphatic hydroxyl groups excluding tert-OH is 1. The molecule has 0 aromatic rings. The maximum atomic E-state index is 11.8. The summed E-state index contributed by atoms with van der Waals surface area (Å²) in [6, 6.07) is 0. The van der Waals surface area contributed by atoms with Crippen molar-refractivity contribution in [3.05, 3.63) is 12.2 Å². The molecule has 5 aliphatic rings. The number of allylic oxidation sites excluding steroid dienone is 1. The van der Waals surface area contributed by atoms with E-state index in [1.807, 2.05) is 7.11 Å². The molecule has 39 heavy (non-hydrogen) atoms. The van der Waals surface area contributed by atoms with Crippen molar-refractivity contribution in [1.82, 2.24) is 0 Å². The van der Waals surface area contributed by atoms with Gasteiger partial charge in [0.05, 0.1) is 13.2 Å². The van der Waals surface area contributed by atoms with Crippen LogP contribution >= 0.6 is 0 Å². The number of hydrogen-bond acceptors (Lipinski definition) is 4. The lowest BCUT2D eigenvalue weighted by molar-refractivity contribution is -0.253. The number of fused-ring (bicyclic) bond motifs is 7. The summed E-state index contributed by atoms with van der Waals surface area (Å²) in [6.45, 7) is 19.5. The number of methoxy groups -OCH3 is 2. The molecule has 0 aromatic carbocycles. The Bertz CT molecular complexity index is 1070. The molecule has 0 amide bonds. The van der Waals surface area contributed by atoms with Crippen molar-refractivity contribution in [3.63, 3.8) is 0 Å². The highest BCUT2D eigenvalue weighted by Gasteiger charge is 2.71. The van der Waals surface area contributed by atoms with Crippen molar-refractivity contribution in [3.8, 4) is 11.8 Å². The molecule has 1 unspecified atom stereocenters. The molecule has 0 saturated heterocycles. The van der Waals surface area contributed by atoms with Gasteiger partial charge in [-0.25, -0.2) is 4.79 Å². The molecule has 4 nitrogen and oxygen atoms in total. The fourth-order valence-corrected chi connectivity index (χ4v) is 12.4. The molecule has 5 aliphatic carbocycles. The number of carbonyl (C=O) groups excluding carboxylic acids is 1. The van der Waals surface area contributed by atoms with Crippen LogP contribution in [0.4, 0.5) is 0 Å². The molecular weight excluding hydrogens is 484 g/mol. The SMILES string of the molecule is C=C(C)[C@@H]1CC[C@]2(C(O)C#CC(=O)OC)CC[C@]3(C)[C@H](CC[C@@H]4[C@@]5(C)CC[C@H](OC)C(C)(C)[C@@H]5CC[C@]43C)[C@@H]12. The number of ether oxygens (including phenoxy) is 2. The first-order chi connectivity index (χ1) is 18.2. The van der Waals surface area contributed by atoms with Crippen LogP contribution in [0, 0.1) is 68.5 Å². The van der Waals surface area contributed by atoms with Gasteiger partial charge in [0, 0.05) is 18.4 Å². The summed E-state index contributed by atoms with van der Waals surface area (Å²) in [5.41, 5.74) is 2.01. The van der Waals surface area contributed by atoms with Crippen LogP contribution in [-0.4, -0.2) is 37.5 Å². The van der Waals surface area contributed by atoms with Crippen LogP contribution in [0.3, 0.4) is 0 Å². The molecule has 0 heterocycles. The Morgan fingerprint density at radius 1 is 0.897 bits per heavy atom. The quantitative estimate of drug-likeness (QED) is 0.179. The highest BCUT2D eigenvalue weighted by molar-refractivity contribution is 5.88. The first kappa shape index (κ1) is 29.2. The van der Waals surface area contributed by atoms with E-state index in [0.29, 0.717) is 41.1 Å². The lowest BCUT2D eigenvalue weighted by atomic mass is 9.32. The Balaban J connectivity index is 1.53. The monoisotopic (exact) mass is 538 g/mol. The third-order valence-corrected chi connectivity index (χ3v) is 14.4. The molecule has 0 spiro atoms. The zero-order valence-electron chi connectivity index (χ0n) is 26.0. The molecule has 11 atom stereocenters. The van der Waals surface area contributed by atoms with E-state index < -0.39 is 12.1 Å². The van der Waals surface area contributed by atoms with Crippen molar-refractivity contribution in [1.29, 1.82) is 0 Å². The third kappa shape index (κ3) is 3.88. The smallest absolute Gasteiger partial charge is 0.384 e. The van der Waals surface area contributed by atoms with E-state index in [2.05, 4.69) is 60.0 Å². The van der Waals surface area contributed by atoms with Gasteiger partial charge >= 0.3 is 5.97 Å². The average Bonchev–Trinajstić information content (AvgIpc) is 3.28. The third-order valence-electron chi connectivity index (χ3n) is 14.4. The molecule has 0 aromatic heterocycles. The maximum Gasteiger partial charge on any atom is 0.384 e. The van der Waals surface area contributed by atoms with Gasteiger partial charge in [-0.2, -0.15) is 0 Å². The normalized spacial score (nSPS) is 48.7. The first-order valence-electron chi connectivity index (χ1n) is 15.7. The molecule has 0 radical (unpaired) electrons. The second-order valence-electron chi connectivity index (χ2n) is 15.7. The van der Waals surface area contributed by atoms with Crippen molar-refractivity contribution < 1.29 is 19.4 Å². The van der Waals surface area contributed by atoms with Crippen LogP contribution in [0.5, 0.6) is 0 Å². The van der Waals surface area contributed by atoms with E-state index in [4.69, 9.17) is 9.47 Å². The van der Waals surface area contributed by atoms with E-state index >= 15 is 0 Å². The minimum atomic E-state index is -0.806. The fraction of sp³-hybridized carbons (Fsp3) is 0.857. The van der Waals surface area contributed by atoms with Gasteiger partial charge in [0.1, 0.15) is 6.10 Å². The Kier molecular flexibility index (Phi) is 7.20. The van der Waals surface area contributed by atoms with Crippen LogP contribution in [-0.2, 0) is 14.3 Å². The van der Waals surface area contributed by atoms with Crippen molar-refractivity contribution in [2.75, 3.05) is 14.2 Å². The summed E-state index contributed by atoms with van der Waals surface area (Å²) in [5, 5.41) is 11.6. The highest BCUT2D eigenvalue weighted by Crippen LogP contribution is 2.77. The zero-order chi connectivity index (χ0) is 28.6. The van der Waals surface area contributed by atoms with Crippen molar-refractivity contribution in [2.24, 2.45) is 56.7 Å². The fourth-order valence-electron chi connectivity index (χ4n) is 12.4. The standard InChI is InChI=1S/C35H54O4/c1-22(2)23-14-19-35(27(36)12-13-29(37)39-9)21-20-33(6)24(30(23)35)10-11-26-32(5)17-16-28(38-8)31(3,4)25(32)15-18-34(26,33)7/h23-28,30,36H,1,10-11,14-21H2,2-9H3/t23-,24+,25-,26+,27?,28-,30+,32-,33+,34+,35+/m0/s1. The molecule has 5 saturated carbocycles. The summed E-state index contributed by atoms with van der Waals surface area (Å²) < 4.78 is 10.8. The molecule has 0 aliphatic heterocycles. The van der Waals surface area contributed by atoms with Crippen molar-refractivity contribution in [2.45, 2.75) is 118 Å². The Labute approximate surface area is 238 Å². The Hall–Kier alpha value is -1.31. The largest absolute Gasteiger partial charge is 0.459 e. The van der Waals surface area contributed by atoms with Gasteiger partial charge in [-0.15, -0.1) is 0 Å². The van der Waals surface area contributed by atoms with Gasteiger partial charge in [0.25, 0.3) is 0 Å². The summed E-state index contributed by atoms with van der Waals surface area (Å²) in [7, 11) is 3.26. The van der Waals surface area contributed by atoms with Gasteiger partial charge < -0.3 is 14.6 Å². The minimum Gasteiger partial charge on any atom is -0.459 e. The number of esters is 1. The first-order valence-corrected chi connectivity index (χ1v) is 15.7. The van der Waals surface area contributed by atoms with Crippen LogP contribution in [0.2, 0.25) is 0 Å². The van der Waals surface area contributed by atoms with E-state index in [9.17, 15) is 9.90 Å². The van der Waals surface area contributed by atoms with E-state index in [1.165, 1.54) is 44.8 Å². The predicted octanol–water partition coefficient (Wildman–Crippen LogP) is 7.20. The van der Waals surface area contributed by atoms with Gasteiger partial charge in [0.2, 0.25) is 0 Å². The van der Waals surface area contributed by atoms with E-state index in [1.54, 1.807) is 0 Å². The van der Waals surface area contributed by atoms with Gasteiger partial charge in [-0.05, 0) is 122 Å². The molecule has 5 rings (SSSR count). The predicted molar refractivity (Wildman–Crippen MR) is 156 cm³/mol. The number of rotatable bonds is 3. The summed E-state index contributed by atoms with van der Waals surface area (Å²) in [4.78, 5) is 11.8. The van der Waals surface area contributed by atoms with Crippen LogP contribution in [0.1, 0.15) is 106 Å². The molecule has 0 bridgehead atoms. The van der Waals surface area contributed by atoms with Crippen LogP contribution in [0.15, 0.2) is 12.2 Å². The topological polar surface area (TPSA) is 55.8 Å². The second kappa shape index (κ2) is 9.62. The van der Waals surface area contributed by atoms with E-state index in [-0.39, 0.29) is 21.7 Å². The molecule has 4 heteroatoms. The number of carbonyl (C=O) groups is 1. The minimum absolute atomic E-state index is 0.196. The number of hydrogen-bond donors (Lipinski definition) is 1. The Morgan fingerprint density at radius 3 is 2.26 bits per heavy atom. The lowest BCUT2D eigenvalue weighted by Gasteiger charge is -2.73. The van der Waals surface area contributed by atoms with Crippen molar-refractivity contribution >= 4 is 5.97 Å². The molecule has 218 valence electrons. The number of aliphatic hydroxyl groups is 1. The summed E-state index contributed by atoms with van der Waals surface area (Å²) in [5.74, 6) is 7.66. The highest BCUT2D eigenvalue weighted by atomic mass is 16.5. The van der Waals surface area contributed by atoms with Gasteiger partial charge in [-0.3, -0.25) is 0 Å². The molecule has 1 N–H and O–H groups in total. The van der Waals surface area contributed by atoms with Gasteiger partial charge in [-0.1, -0.05) is 52.7 Å². The van der Waals surface area contributed by atoms with Crippen LogP contribution < -0.4 is 0 Å². The lowest BCUT2D eigenvalue weighted by Crippen LogP contribution is -2.67. The van der Waals surface area contributed by atoms with Gasteiger partial charge in [0.15, 0.2) is 0 Å². The van der Waals surface area contributed by atoms with E-state index in [0.717, 1.165) is 32.1 Å². The molecular formula is C35H54O4. The van der Waals surface area contributed by atoms with Crippen LogP contribution in [0.25, 0.3) is 0 Å². The second-order valence-corrected chi connectivity index (χ2v) is 15.7. The summed E-state index contributed by atoms with van der Waals surface area (Å²) in [6.07, 6.45) is 11.2. The summed E-state index contributed by atoms with van der Waals surface area (Å²) >= 11 is 0. The maximum absolute atomic E-state index is 11.8. The Morgan fingerprint density at radius 2 is 1.62 bits per heavy atom. The average molecular weight is 539 g/mol.